The molecule has 0 saturated carbocycles. The number of hydrogen-bond acceptors (Lipinski definition) is 12. The fourth-order valence-electron chi connectivity index (χ4n) is 3.74. The molecular formula is C27H50N2O12. The molecule has 0 aromatic heterocycles. The van der Waals surface area contributed by atoms with Crippen LogP contribution in [-0.4, -0.2) is 180 Å². The fraction of sp³-hybridized carbons (Fsp3) is 0.926. The van der Waals surface area contributed by atoms with E-state index in [1.165, 1.54) is 0 Å². The average molecular weight is 595 g/mol. The summed E-state index contributed by atoms with van der Waals surface area (Å²) in [5, 5.41) is 0. The van der Waals surface area contributed by atoms with Gasteiger partial charge in [-0.25, -0.2) is 0 Å². The molecule has 2 amide bonds. The number of ether oxygens (including phenoxy) is 10. The van der Waals surface area contributed by atoms with E-state index >= 15 is 0 Å². The van der Waals surface area contributed by atoms with Crippen LogP contribution in [0.15, 0.2) is 0 Å². The van der Waals surface area contributed by atoms with Gasteiger partial charge in [-0.3, -0.25) is 9.59 Å². The summed E-state index contributed by atoms with van der Waals surface area (Å²) in [5.74, 6) is -0.571. The number of carbonyl (C=O) groups excluding carboxylic acids is 2. The smallest absolute Gasteiger partial charge is 0.232 e. The van der Waals surface area contributed by atoms with Crippen LogP contribution in [0.2, 0.25) is 0 Å². The topological polar surface area (TPSA) is 133 Å². The molecule has 0 atom stereocenters. The summed E-state index contributed by atoms with van der Waals surface area (Å²) in [6.07, 6.45) is -0.265. The Labute approximate surface area is 243 Å². The van der Waals surface area contributed by atoms with Crippen molar-refractivity contribution in [2.75, 3.05) is 158 Å². The van der Waals surface area contributed by atoms with Gasteiger partial charge in [-0.2, -0.15) is 0 Å². The molecule has 2 rings (SSSR count). The largest absolute Gasteiger partial charge is 0.377 e. The van der Waals surface area contributed by atoms with Crippen molar-refractivity contribution in [1.29, 1.82) is 0 Å². The summed E-state index contributed by atoms with van der Waals surface area (Å²) < 4.78 is 55.3. The third-order valence-electron chi connectivity index (χ3n) is 6.01. The van der Waals surface area contributed by atoms with Crippen LogP contribution in [-0.2, 0) is 57.0 Å². The molecule has 0 unspecified atom stereocenters. The number of nitrogens with zero attached hydrogens (tertiary/aromatic N) is 2. The van der Waals surface area contributed by atoms with E-state index in [1.807, 2.05) is 0 Å². The van der Waals surface area contributed by atoms with E-state index in [-0.39, 0.29) is 18.2 Å². The Morgan fingerprint density at radius 1 is 0.317 bits per heavy atom. The van der Waals surface area contributed by atoms with Crippen molar-refractivity contribution in [3.8, 4) is 0 Å². The van der Waals surface area contributed by atoms with Gasteiger partial charge >= 0.3 is 0 Å². The van der Waals surface area contributed by atoms with Crippen LogP contribution in [0, 0.1) is 0 Å². The molecule has 0 N–H and O–H groups in total. The van der Waals surface area contributed by atoms with Crippen molar-refractivity contribution in [2.45, 2.75) is 6.42 Å². The van der Waals surface area contributed by atoms with Crippen molar-refractivity contribution in [3.05, 3.63) is 0 Å². The lowest BCUT2D eigenvalue weighted by molar-refractivity contribution is -0.142. The highest BCUT2D eigenvalue weighted by molar-refractivity contribution is 5.96. The molecule has 0 aromatic rings. The second-order valence-corrected chi connectivity index (χ2v) is 9.06. The number of hydrogen-bond donors (Lipinski definition) is 0. The van der Waals surface area contributed by atoms with E-state index in [1.54, 1.807) is 9.80 Å². The van der Waals surface area contributed by atoms with Crippen LogP contribution in [0.25, 0.3) is 0 Å². The van der Waals surface area contributed by atoms with Crippen LogP contribution in [0.3, 0.4) is 0 Å². The van der Waals surface area contributed by atoms with Crippen molar-refractivity contribution < 1.29 is 57.0 Å². The van der Waals surface area contributed by atoms with E-state index in [0.29, 0.717) is 158 Å². The summed E-state index contributed by atoms with van der Waals surface area (Å²) in [6.45, 7) is 9.85. The van der Waals surface area contributed by atoms with E-state index in [4.69, 9.17) is 47.4 Å². The Kier molecular flexibility index (Phi) is 22.8. The van der Waals surface area contributed by atoms with Crippen LogP contribution in [0.4, 0.5) is 0 Å². The Morgan fingerprint density at radius 2 is 0.488 bits per heavy atom. The molecule has 2 fully saturated rings. The van der Waals surface area contributed by atoms with Gasteiger partial charge in [0.15, 0.2) is 0 Å². The molecule has 2 aliphatic rings. The predicted octanol–water partition coefficient (Wildman–Crippen LogP) is -0.773. The number of carbonyl (C=O) groups is 2. The van der Waals surface area contributed by atoms with Gasteiger partial charge < -0.3 is 57.2 Å². The van der Waals surface area contributed by atoms with Gasteiger partial charge in [-0.15, -0.1) is 0 Å². The van der Waals surface area contributed by atoms with Crippen molar-refractivity contribution in [3.63, 3.8) is 0 Å². The second kappa shape index (κ2) is 26.2. The highest BCUT2D eigenvalue weighted by Gasteiger charge is 2.22. The van der Waals surface area contributed by atoms with Crippen LogP contribution < -0.4 is 0 Å². The van der Waals surface area contributed by atoms with Crippen molar-refractivity contribution in [1.82, 2.24) is 9.80 Å². The van der Waals surface area contributed by atoms with Gasteiger partial charge in [0.05, 0.1) is 132 Å². The van der Waals surface area contributed by atoms with E-state index in [2.05, 4.69) is 0 Å². The van der Waals surface area contributed by atoms with Crippen molar-refractivity contribution >= 4 is 11.8 Å². The molecule has 2 aliphatic heterocycles. The standard InChI is InChI=1S/C27H50N2O12/c30-26(28-1-5-32-9-13-36-17-21-40-22-18-37-14-10-33-6-2-28)25-27(31)29-3-7-34-11-15-38-19-23-41-24-20-39-16-12-35-8-4-29/h1-25H2. The SMILES string of the molecule is O=C(CC(=O)N1CCOCCOCCOCCOCCOCC1)N1CCOCCOCCOCCOCCOCC1. The normalized spacial score (nSPS) is 22.9. The summed E-state index contributed by atoms with van der Waals surface area (Å²) >= 11 is 0. The third-order valence-corrected chi connectivity index (χ3v) is 6.01. The molecule has 0 spiro atoms. The van der Waals surface area contributed by atoms with E-state index < -0.39 is 0 Å². The molecule has 14 heteroatoms. The van der Waals surface area contributed by atoms with Crippen LogP contribution in [0.1, 0.15) is 6.42 Å². The third kappa shape index (κ3) is 20.1. The fourth-order valence-corrected chi connectivity index (χ4v) is 3.74. The molecule has 14 nitrogen and oxygen atoms in total. The molecule has 41 heavy (non-hydrogen) atoms. The second-order valence-electron chi connectivity index (χ2n) is 9.06. The Morgan fingerprint density at radius 3 is 0.683 bits per heavy atom. The number of rotatable bonds is 2. The minimum Gasteiger partial charge on any atom is -0.377 e. The summed E-state index contributed by atoms with van der Waals surface area (Å²) in [7, 11) is 0. The van der Waals surface area contributed by atoms with Crippen molar-refractivity contribution in [2.24, 2.45) is 0 Å². The quantitative estimate of drug-likeness (QED) is 0.372. The zero-order chi connectivity index (χ0) is 29.1. The number of amides is 2. The lowest BCUT2D eigenvalue weighted by Gasteiger charge is -2.26. The molecule has 240 valence electrons. The first-order valence-corrected chi connectivity index (χ1v) is 14.6. The average Bonchev–Trinajstić information content (AvgIpc) is 2.97. The maximum atomic E-state index is 13.2. The minimum atomic E-state index is -0.286. The van der Waals surface area contributed by atoms with Crippen LogP contribution >= 0.6 is 0 Å². The summed E-state index contributed by atoms with van der Waals surface area (Å²) in [6, 6.07) is 0. The maximum Gasteiger partial charge on any atom is 0.232 e. The maximum absolute atomic E-state index is 13.2. The van der Waals surface area contributed by atoms with Gasteiger partial charge in [-0.1, -0.05) is 0 Å². The first kappa shape index (κ1) is 35.7. The first-order valence-electron chi connectivity index (χ1n) is 14.6. The monoisotopic (exact) mass is 594 g/mol. The van der Waals surface area contributed by atoms with Crippen LogP contribution in [0.5, 0.6) is 0 Å². The Balaban J connectivity index is 1.84. The molecule has 0 radical (unpaired) electrons. The van der Waals surface area contributed by atoms with Gasteiger partial charge in [0.25, 0.3) is 0 Å². The zero-order valence-electron chi connectivity index (χ0n) is 24.5. The molecule has 2 heterocycles. The minimum absolute atomic E-state index is 0.265. The zero-order valence-corrected chi connectivity index (χ0v) is 24.5. The molecule has 0 aliphatic carbocycles. The molecule has 0 bridgehead atoms. The van der Waals surface area contributed by atoms with E-state index in [9.17, 15) is 9.59 Å². The van der Waals surface area contributed by atoms with Gasteiger partial charge in [0.1, 0.15) is 6.42 Å². The lowest BCUT2D eigenvalue weighted by Crippen LogP contribution is -2.43. The predicted molar refractivity (Wildman–Crippen MR) is 146 cm³/mol. The molecule has 2 saturated heterocycles. The molecular weight excluding hydrogens is 544 g/mol. The highest BCUT2D eigenvalue weighted by Crippen LogP contribution is 2.02. The Hall–Kier alpha value is -1.46. The van der Waals surface area contributed by atoms with Gasteiger partial charge in [0, 0.05) is 26.2 Å². The highest BCUT2D eigenvalue weighted by atomic mass is 16.6. The van der Waals surface area contributed by atoms with E-state index in [0.717, 1.165) is 0 Å². The van der Waals surface area contributed by atoms with Gasteiger partial charge in [-0.05, 0) is 0 Å². The first-order chi connectivity index (χ1) is 20.3. The van der Waals surface area contributed by atoms with Gasteiger partial charge in [0.2, 0.25) is 11.8 Å². The summed E-state index contributed by atoms with van der Waals surface area (Å²) in [4.78, 5) is 29.5. The lowest BCUT2D eigenvalue weighted by atomic mass is 10.3. The summed E-state index contributed by atoms with van der Waals surface area (Å²) in [5.41, 5.74) is 0. The Bertz CT molecular complexity index is 557. The molecule has 0 aromatic carbocycles.